The van der Waals surface area contributed by atoms with Gasteiger partial charge in [0.2, 0.25) is 0 Å². The van der Waals surface area contributed by atoms with Crippen LogP contribution < -0.4 is 0 Å². The highest BCUT2D eigenvalue weighted by atomic mass is 16.3. The Morgan fingerprint density at radius 2 is 0.532 bits per heavy atom. The van der Waals surface area contributed by atoms with Gasteiger partial charge in [0.1, 0.15) is 17.1 Å². The quantitative estimate of drug-likeness (QED) is 0.136. The number of aromatic hydroxyl groups is 1. The van der Waals surface area contributed by atoms with Crippen LogP contribution in [0.3, 0.4) is 0 Å². The molecule has 0 aromatic heterocycles. The van der Waals surface area contributed by atoms with Crippen LogP contribution in [0.1, 0.15) is 191 Å². The van der Waals surface area contributed by atoms with Crippen molar-refractivity contribution in [1.29, 1.82) is 0 Å². The molecule has 79 heavy (non-hydrogen) atoms. The summed E-state index contributed by atoms with van der Waals surface area (Å²) in [5.41, 5.74) is 8.13. The van der Waals surface area contributed by atoms with Crippen LogP contribution >= 0.6 is 0 Å². The second-order valence-electron chi connectivity index (χ2n) is 25.9. The maximum absolute atomic E-state index is 11.3. The van der Waals surface area contributed by atoms with Gasteiger partial charge in [0.25, 0.3) is 0 Å². The molecule has 0 bridgehead atoms. The van der Waals surface area contributed by atoms with E-state index < -0.39 is 0 Å². The van der Waals surface area contributed by atoms with Crippen molar-refractivity contribution in [2.45, 2.75) is 125 Å². The third-order valence-electron chi connectivity index (χ3n) is 10.6. The Morgan fingerprint density at radius 3 is 0.835 bits per heavy atom. The number of phenols is 1. The summed E-state index contributed by atoms with van der Waals surface area (Å²) in [6, 6.07) is 33.1. The molecule has 6 aromatic rings. The van der Waals surface area contributed by atoms with E-state index in [1.54, 1.807) is 6.07 Å². The molecule has 0 saturated heterocycles. The lowest BCUT2D eigenvalue weighted by Crippen LogP contribution is -2.00. The van der Waals surface area contributed by atoms with Crippen LogP contribution in [-0.2, 0) is 0 Å². The minimum atomic E-state index is -0.221. The van der Waals surface area contributed by atoms with Gasteiger partial charge < -0.3 is 5.11 Å². The molecule has 0 aliphatic rings. The Bertz CT molecular complexity index is 3700. The first kappa shape index (κ1) is 59.3. The Kier molecular flexibility index (Phi) is 18.1. The summed E-state index contributed by atoms with van der Waals surface area (Å²) in [6.07, 6.45) is 0. The van der Waals surface area contributed by atoms with E-state index in [0.29, 0.717) is 39.2 Å². The van der Waals surface area contributed by atoms with Crippen LogP contribution in [-0.4, -0.2) is 5.11 Å². The van der Waals surface area contributed by atoms with E-state index in [0.717, 1.165) is 49.7 Å². The summed E-state index contributed by atoms with van der Waals surface area (Å²) in [4.78, 5) is 0. The molecule has 0 amide bonds. The molecule has 0 spiro atoms. The van der Waals surface area contributed by atoms with Gasteiger partial charge in [-0.05, 0) is 203 Å². The number of azo groups is 1. The molecule has 6 rings (SSSR count). The molecule has 0 aliphatic carbocycles. The number of phenolic OH excluding ortho intramolecular Hbond substituents is 1. The zero-order valence-electron chi connectivity index (χ0n) is 49.7. The van der Waals surface area contributed by atoms with Crippen molar-refractivity contribution in [1.82, 2.24) is 0 Å². The zero-order chi connectivity index (χ0) is 58.0. The van der Waals surface area contributed by atoms with Crippen LogP contribution in [0.2, 0.25) is 0 Å². The predicted molar refractivity (Wildman–Crippen MR) is 331 cm³/mol. The van der Waals surface area contributed by atoms with E-state index in [1.165, 1.54) is 0 Å². The molecule has 3 heteroatoms. The lowest BCUT2D eigenvalue weighted by molar-refractivity contribution is 0.477. The van der Waals surface area contributed by atoms with Crippen molar-refractivity contribution >= 4 is 22.1 Å². The van der Waals surface area contributed by atoms with Gasteiger partial charge in [-0.1, -0.05) is 137 Å². The lowest BCUT2D eigenvalue weighted by atomic mass is 9.95. The fourth-order valence-corrected chi connectivity index (χ4v) is 6.97. The number of benzene rings is 6. The van der Waals surface area contributed by atoms with Gasteiger partial charge in [0.15, 0.2) is 0 Å². The van der Waals surface area contributed by atoms with Crippen molar-refractivity contribution in [3.05, 3.63) is 170 Å². The van der Waals surface area contributed by atoms with Crippen molar-refractivity contribution in [3.63, 3.8) is 0 Å². The topological polar surface area (TPSA) is 45.0 Å². The molecule has 0 heterocycles. The van der Waals surface area contributed by atoms with Crippen molar-refractivity contribution in [2.75, 3.05) is 0 Å². The van der Waals surface area contributed by atoms with Crippen LogP contribution in [0.25, 0.3) is 10.8 Å². The van der Waals surface area contributed by atoms with Gasteiger partial charge in [0.05, 0.1) is 11.1 Å². The maximum Gasteiger partial charge on any atom is 0.143 e. The molecule has 6 aromatic carbocycles. The standard InChI is InChI=1S/C76H72N2O/c1-71(2,3)37-31-58-43-54(44-59(49-58)32-38-72(4,5)6)23-24-57-52-65(27-25-55-45-60(33-39-73(7,8)9)50-61(46-55)34-40-74(10,11)12)69(77-78-70-67-22-20-19-21-64(67)29-30-68(70)79)66(53-57)28-26-56-47-62(35-41-75(13,14)15)51-63(48-56)36-42-76(16,17)18/h19-22,29-30,43-53,79H,1-18H3/b78-77+. The minimum Gasteiger partial charge on any atom is -0.506 e. The number of fused-ring (bicyclic) bond motifs is 1. The molecule has 0 saturated carbocycles. The fourth-order valence-electron chi connectivity index (χ4n) is 6.97. The van der Waals surface area contributed by atoms with Crippen molar-refractivity contribution < 1.29 is 5.11 Å². The van der Waals surface area contributed by atoms with E-state index in [4.69, 9.17) is 10.2 Å². The van der Waals surface area contributed by atoms with Gasteiger partial charge in [-0.3, -0.25) is 0 Å². The SMILES string of the molecule is CC(C)(C)C#Cc1cc(C#Cc2cc(C#Cc3cc(C#CC(C)(C)C)cc(C#CC(C)(C)C)c3)c(/N=N/c3c(O)ccc4ccccc34)c(C#Cc3cc(C#CC(C)(C)C)cc(C#CC(C)(C)C)c3)c2)cc(C#CC(C)(C)C)c1. The molecule has 1 N–H and O–H groups in total. The number of hydrogen-bond donors (Lipinski definition) is 1. The predicted octanol–water partition coefficient (Wildman–Crippen LogP) is 17.5. The summed E-state index contributed by atoms with van der Waals surface area (Å²) >= 11 is 0. The Hall–Kier alpha value is -8.98. The second-order valence-corrected chi connectivity index (χ2v) is 25.9. The van der Waals surface area contributed by atoms with Gasteiger partial charge in [-0.25, -0.2) is 0 Å². The Morgan fingerprint density at radius 1 is 0.278 bits per heavy atom. The van der Waals surface area contributed by atoms with Crippen LogP contribution in [0, 0.1) is 139 Å². The van der Waals surface area contributed by atoms with Gasteiger partial charge in [-0.2, -0.15) is 0 Å². The number of rotatable bonds is 2. The molecule has 0 radical (unpaired) electrons. The van der Waals surface area contributed by atoms with Crippen LogP contribution in [0.15, 0.2) is 113 Å². The summed E-state index contributed by atoms with van der Waals surface area (Å²) in [6.45, 7) is 37.6. The first-order valence-corrected chi connectivity index (χ1v) is 26.7. The van der Waals surface area contributed by atoms with E-state index >= 15 is 0 Å². The summed E-state index contributed by atoms with van der Waals surface area (Å²) in [5.74, 6) is 61.3. The van der Waals surface area contributed by atoms with E-state index in [9.17, 15) is 5.11 Å². The average Bonchev–Trinajstić information content (AvgIpc) is 3.34. The lowest BCUT2D eigenvalue weighted by Gasteiger charge is -2.08. The zero-order valence-corrected chi connectivity index (χ0v) is 49.7. The van der Waals surface area contributed by atoms with Crippen LogP contribution in [0.4, 0.5) is 11.4 Å². The maximum atomic E-state index is 11.3. The highest BCUT2D eigenvalue weighted by Gasteiger charge is 2.14. The molecule has 0 aliphatic heterocycles. The fraction of sp³-hybridized carbons (Fsp3) is 0.316. The number of hydrogen-bond acceptors (Lipinski definition) is 3. The molecular formula is C76H72N2O. The van der Waals surface area contributed by atoms with Crippen molar-refractivity contribution in [3.8, 4) is 112 Å². The van der Waals surface area contributed by atoms with Gasteiger partial charge >= 0.3 is 0 Å². The summed E-state index contributed by atoms with van der Waals surface area (Å²) in [5, 5.41) is 22.7. The molecule has 0 unspecified atom stereocenters. The van der Waals surface area contributed by atoms with E-state index in [1.807, 2.05) is 97.1 Å². The highest BCUT2D eigenvalue weighted by molar-refractivity contribution is 5.95. The van der Waals surface area contributed by atoms with Gasteiger partial charge in [-0.15, -0.1) is 10.2 Å². The minimum absolute atomic E-state index is 0.0136. The summed E-state index contributed by atoms with van der Waals surface area (Å²) in [7, 11) is 0. The molecule has 0 fully saturated rings. The first-order chi connectivity index (χ1) is 36.7. The Labute approximate surface area is 474 Å². The third-order valence-corrected chi connectivity index (χ3v) is 10.6. The summed E-state index contributed by atoms with van der Waals surface area (Å²) < 4.78 is 0. The third kappa shape index (κ3) is 20.5. The average molecular weight is 1030 g/mol. The van der Waals surface area contributed by atoms with Crippen molar-refractivity contribution in [2.24, 2.45) is 42.7 Å². The van der Waals surface area contributed by atoms with Gasteiger partial charge in [0, 0.05) is 93.5 Å². The van der Waals surface area contributed by atoms with Crippen LogP contribution in [0.5, 0.6) is 5.75 Å². The molecule has 3 nitrogen and oxygen atoms in total. The Balaban J connectivity index is 1.72. The highest BCUT2D eigenvalue weighted by Crippen LogP contribution is 2.37. The molecule has 0 atom stereocenters. The smallest absolute Gasteiger partial charge is 0.143 e. The normalized spacial score (nSPS) is 11.3. The van der Waals surface area contributed by atoms with E-state index in [-0.39, 0.29) is 38.2 Å². The molecular weight excluding hydrogens is 957 g/mol. The number of nitrogens with zero attached hydrogens (tertiary/aromatic N) is 2. The molecule has 392 valence electrons. The largest absolute Gasteiger partial charge is 0.506 e. The first-order valence-electron chi connectivity index (χ1n) is 26.7. The van der Waals surface area contributed by atoms with E-state index in [2.05, 4.69) is 231 Å². The second kappa shape index (κ2) is 24.1. The monoisotopic (exact) mass is 1030 g/mol.